The van der Waals surface area contributed by atoms with Crippen LogP contribution in [-0.2, 0) is 6.42 Å². The Morgan fingerprint density at radius 2 is 2.26 bits per heavy atom. The molecular formula is C16H19NO2. The molecule has 3 nitrogen and oxygen atoms in total. The molecule has 1 aliphatic carbocycles. The number of aryl methyl sites for hydroxylation is 1. The van der Waals surface area contributed by atoms with E-state index in [1.807, 2.05) is 24.3 Å². The van der Waals surface area contributed by atoms with Crippen LogP contribution in [0.25, 0.3) is 0 Å². The maximum absolute atomic E-state index is 9.68. The molecule has 1 aromatic carbocycles. The average molecular weight is 257 g/mol. The van der Waals surface area contributed by atoms with Gasteiger partial charge in [-0.2, -0.15) is 0 Å². The maximum atomic E-state index is 9.68. The van der Waals surface area contributed by atoms with Gasteiger partial charge in [0, 0.05) is 6.04 Å². The number of phenolic OH excluding ortho intramolecular Hbond substituents is 1. The third-order valence-electron chi connectivity index (χ3n) is 3.86. The molecule has 100 valence electrons. The first-order valence-electron chi connectivity index (χ1n) is 6.85. The lowest BCUT2D eigenvalue weighted by atomic mass is 9.87. The highest BCUT2D eigenvalue weighted by Crippen LogP contribution is 2.33. The fourth-order valence-electron chi connectivity index (χ4n) is 2.88. The summed E-state index contributed by atoms with van der Waals surface area (Å²) in [4.78, 5) is 0. The zero-order valence-corrected chi connectivity index (χ0v) is 11.1. The van der Waals surface area contributed by atoms with Gasteiger partial charge in [0.05, 0.1) is 12.3 Å². The summed E-state index contributed by atoms with van der Waals surface area (Å²) >= 11 is 0. The van der Waals surface area contributed by atoms with E-state index in [4.69, 9.17) is 4.42 Å². The lowest BCUT2D eigenvalue weighted by Gasteiger charge is -2.28. The molecule has 0 radical (unpaired) electrons. The highest BCUT2D eigenvalue weighted by molar-refractivity contribution is 5.38. The second kappa shape index (κ2) is 5.10. The van der Waals surface area contributed by atoms with E-state index in [-0.39, 0.29) is 12.1 Å². The highest BCUT2D eigenvalue weighted by atomic mass is 16.3. The molecule has 1 unspecified atom stereocenters. The molecule has 0 saturated carbocycles. The van der Waals surface area contributed by atoms with Crippen molar-refractivity contribution < 1.29 is 9.52 Å². The van der Waals surface area contributed by atoms with Gasteiger partial charge in [-0.25, -0.2) is 0 Å². The monoisotopic (exact) mass is 257 g/mol. The summed E-state index contributed by atoms with van der Waals surface area (Å²) in [7, 11) is 0. The molecule has 3 heteroatoms. The summed E-state index contributed by atoms with van der Waals surface area (Å²) in [6, 6.07) is 10.1. The van der Waals surface area contributed by atoms with Crippen LogP contribution in [0.4, 0.5) is 0 Å². The summed E-state index contributed by atoms with van der Waals surface area (Å²) in [6.45, 7) is 2.11. The van der Waals surface area contributed by atoms with Crippen LogP contribution < -0.4 is 5.32 Å². The smallest absolute Gasteiger partial charge is 0.120 e. The topological polar surface area (TPSA) is 45.4 Å². The molecule has 0 spiro atoms. The van der Waals surface area contributed by atoms with Crippen molar-refractivity contribution >= 4 is 0 Å². The Hall–Kier alpha value is -1.74. The molecule has 0 fully saturated rings. The molecule has 0 aliphatic heterocycles. The fourth-order valence-corrected chi connectivity index (χ4v) is 2.88. The minimum Gasteiger partial charge on any atom is -0.508 e. The van der Waals surface area contributed by atoms with Crippen molar-refractivity contribution in [2.24, 2.45) is 0 Å². The predicted molar refractivity (Wildman–Crippen MR) is 74.0 cm³/mol. The molecule has 2 N–H and O–H groups in total. The zero-order valence-electron chi connectivity index (χ0n) is 11.1. The third-order valence-corrected chi connectivity index (χ3v) is 3.86. The van der Waals surface area contributed by atoms with Gasteiger partial charge in [0.15, 0.2) is 0 Å². The van der Waals surface area contributed by atoms with Crippen LogP contribution in [0.15, 0.2) is 41.0 Å². The van der Waals surface area contributed by atoms with Crippen LogP contribution in [0.3, 0.4) is 0 Å². The molecule has 0 bridgehead atoms. The van der Waals surface area contributed by atoms with E-state index >= 15 is 0 Å². The number of fused-ring (bicyclic) bond motifs is 1. The first kappa shape index (κ1) is 12.3. The standard InChI is InChI=1S/C16H19NO2/c1-11(16-6-3-9-19-16)17-15-5-2-4-12-7-8-13(18)10-14(12)15/h3,6-11,15,17-18H,2,4-5H2,1H3/t11-,15?/m1/s1. The summed E-state index contributed by atoms with van der Waals surface area (Å²) in [5.74, 6) is 1.30. The molecular weight excluding hydrogens is 238 g/mol. The van der Waals surface area contributed by atoms with Crippen molar-refractivity contribution in [2.75, 3.05) is 0 Å². The Morgan fingerprint density at radius 3 is 3.05 bits per heavy atom. The SMILES string of the molecule is C[C@@H](NC1CCCc2ccc(O)cc21)c1ccco1. The molecule has 1 aliphatic rings. The first-order chi connectivity index (χ1) is 9.24. The fraction of sp³-hybridized carbons (Fsp3) is 0.375. The number of phenols is 1. The van der Waals surface area contributed by atoms with Crippen LogP contribution in [0.5, 0.6) is 5.75 Å². The number of hydrogen-bond acceptors (Lipinski definition) is 3. The van der Waals surface area contributed by atoms with Gasteiger partial charge < -0.3 is 14.8 Å². The Labute approximate surface area is 113 Å². The van der Waals surface area contributed by atoms with Crippen LogP contribution in [0, 0.1) is 0 Å². The molecule has 19 heavy (non-hydrogen) atoms. The Bertz CT molecular complexity index is 548. The summed E-state index contributed by atoms with van der Waals surface area (Å²) < 4.78 is 5.44. The number of nitrogens with one attached hydrogen (secondary N) is 1. The predicted octanol–water partition coefficient (Wildman–Crippen LogP) is 3.71. The number of furan rings is 1. The van der Waals surface area contributed by atoms with E-state index in [0.717, 1.165) is 18.6 Å². The quantitative estimate of drug-likeness (QED) is 0.881. The van der Waals surface area contributed by atoms with Crippen LogP contribution in [0.2, 0.25) is 0 Å². The van der Waals surface area contributed by atoms with Gasteiger partial charge >= 0.3 is 0 Å². The summed E-state index contributed by atoms with van der Waals surface area (Å²) in [6.07, 6.45) is 5.08. The van der Waals surface area contributed by atoms with Crippen molar-refractivity contribution in [3.8, 4) is 5.75 Å². The molecule has 1 heterocycles. The van der Waals surface area contributed by atoms with Crippen molar-refractivity contribution in [1.29, 1.82) is 0 Å². The van der Waals surface area contributed by atoms with E-state index in [9.17, 15) is 5.11 Å². The average Bonchev–Trinajstić information content (AvgIpc) is 2.93. The van der Waals surface area contributed by atoms with E-state index in [2.05, 4.69) is 12.2 Å². The van der Waals surface area contributed by atoms with E-state index in [1.165, 1.54) is 17.5 Å². The number of rotatable bonds is 3. The lowest BCUT2D eigenvalue weighted by Crippen LogP contribution is -2.27. The number of hydrogen-bond donors (Lipinski definition) is 2. The van der Waals surface area contributed by atoms with Crippen molar-refractivity contribution in [3.63, 3.8) is 0 Å². The van der Waals surface area contributed by atoms with Crippen molar-refractivity contribution in [1.82, 2.24) is 5.32 Å². The van der Waals surface area contributed by atoms with E-state index < -0.39 is 0 Å². The zero-order chi connectivity index (χ0) is 13.2. The molecule has 0 amide bonds. The minimum absolute atomic E-state index is 0.174. The van der Waals surface area contributed by atoms with Gasteiger partial charge in [0.2, 0.25) is 0 Å². The van der Waals surface area contributed by atoms with Crippen LogP contribution in [-0.4, -0.2) is 5.11 Å². The number of benzene rings is 1. The molecule has 1 aromatic heterocycles. The third kappa shape index (κ3) is 2.51. The number of aromatic hydroxyl groups is 1. The van der Waals surface area contributed by atoms with Gasteiger partial charge in [0.25, 0.3) is 0 Å². The first-order valence-corrected chi connectivity index (χ1v) is 6.85. The maximum Gasteiger partial charge on any atom is 0.120 e. The van der Waals surface area contributed by atoms with Gasteiger partial charge in [-0.15, -0.1) is 0 Å². The van der Waals surface area contributed by atoms with Crippen molar-refractivity contribution in [3.05, 3.63) is 53.5 Å². The van der Waals surface area contributed by atoms with Crippen LogP contribution in [0.1, 0.15) is 48.7 Å². The Morgan fingerprint density at radius 1 is 1.37 bits per heavy atom. The van der Waals surface area contributed by atoms with Crippen molar-refractivity contribution in [2.45, 2.75) is 38.3 Å². The van der Waals surface area contributed by atoms with E-state index in [1.54, 1.807) is 12.3 Å². The van der Waals surface area contributed by atoms with Gasteiger partial charge in [0.1, 0.15) is 11.5 Å². The minimum atomic E-state index is 0.174. The Balaban J connectivity index is 1.81. The summed E-state index contributed by atoms with van der Waals surface area (Å²) in [5.41, 5.74) is 2.57. The molecule has 2 atom stereocenters. The van der Waals surface area contributed by atoms with Crippen LogP contribution >= 0.6 is 0 Å². The van der Waals surface area contributed by atoms with Gasteiger partial charge in [-0.1, -0.05) is 6.07 Å². The second-order valence-electron chi connectivity index (χ2n) is 5.23. The highest BCUT2D eigenvalue weighted by Gasteiger charge is 2.23. The van der Waals surface area contributed by atoms with Gasteiger partial charge in [-0.3, -0.25) is 0 Å². The largest absolute Gasteiger partial charge is 0.508 e. The second-order valence-corrected chi connectivity index (χ2v) is 5.23. The van der Waals surface area contributed by atoms with E-state index in [0.29, 0.717) is 5.75 Å². The lowest BCUT2D eigenvalue weighted by molar-refractivity contribution is 0.366. The summed E-state index contributed by atoms with van der Waals surface area (Å²) in [5, 5.41) is 13.3. The van der Waals surface area contributed by atoms with Gasteiger partial charge in [-0.05, 0) is 61.6 Å². The molecule has 0 saturated heterocycles. The normalized spacial score (nSPS) is 19.9. The molecule has 3 rings (SSSR count). The Kier molecular flexibility index (Phi) is 3.30. The molecule has 2 aromatic rings.